The number of carbonyl (C=O) groups excluding carboxylic acids is 1. The van der Waals surface area contributed by atoms with Gasteiger partial charge in [-0.15, -0.1) is 0 Å². The van der Waals surface area contributed by atoms with E-state index in [1.54, 1.807) is 12.1 Å². The first-order valence-electron chi connectivity index (χ1n) is 7.22. The van der Waals surface area contributed by atoms with Gasteiger partial charge in [-0.05, 0) is 63.8 Å². The number of hydrogen-bond donors (Lipinski definition) is 0. The van der Waals surface area contributed by atoms with E-state index >= 15 is 0 Å². The first-order chi connectivity index (χ1) is 9.49. The Morgan fingerprint density at radius 2 is 2.20 bits per heavy atom. The summed E-state index contributed by atoms with van der Waals surface area (Å²) < 4.78 is 5.76. The predicted molar refractivity (Wildman–Crippen MR) is 81.3 cm³/mol. The average Bonchev–Trinajstić information content (AvgIpc) is 2.42. The fraction of sp³-hybridized carbons (Fsp3) is 0.562. The summed E-state index contributed by atoms with van der Waals surface area (Å²) >= 11 is 5.99. The highest BCUT2D eigenvalue weighted by molar-refractivity contribution is 6.31. The minimum atomic E-state index is -0.462. The van der Waals surface area contributed by atoms with Crippen molar-refractivity contribution in [3.8, 4) is 5.75 Å². The van der Waals surface area contributed by atoms with Gasteiger partial charge in [-0.3, -0.25) is 4.79 Å². The van der Waals surface area contributed by atoms with Gasteiger partial charge in [0.1, 0.15) is 5.75 Å². The first kappa shape index (κ1) is 15.2. The van der Waals surface area contributed by atoms with E-state index in [1.165, 1.54) is 6.42 Å². The largest absolute Gasteiger partial charge is 0.481 e. The summed E-state index contributed by atoms with van der Waals surface area (Å²) in [5.41, 5.74) is 0.954. The van der Waals surface area contributed by atoms with Crippen molar-refractivity contribution in [3.05, 3.63) is 28.8 Å². The number of aryl methyl sites for hydroxylation is 1. The van der Waals surface area contributed by atoms with E-state index in [9.17, 15) is 4.79 Å². The highest BCUT2D eigenvalue weighted by atomic mass is 35.5. The van der Waals surface area contributed by atoms with Gasteiger partial charge in [0.15, 0.2) is 6.10 Å². The normalized spacial score (nSPS) is 20.6. The minimum absolute atomic E-state index is 0.0739. The van der Waals surface area contributed by atoms with Gasteiger partial charge in [0.05, 0.1) is 0 Å². The summed E-state index contributed by atoms with van der Waals surface area (Å²) in [5, 5.41) is 0.709. The third-order valence-corrected chi connectivity index (χ3v) is 4.30. The number of piperidine rings is 1. The van der Waals surface area contributed by atoms with E-state index in [-0.39, 0.29) is 5.91 Å². The predicted octanol–water partition coefficient (Wildman–Crippen LogP) is 3.82. The van der Waals surface area contributed by atoms with Crippen LogP contribution in [0.3, 0.4) is 0 Å². The zero-order valence-electron chi connectivity index (χ0n) is 12.4. The Bertz CT molecular complexity index is 489. The van der Waals surface area contributed by atoms with E-state index in [0.29, 0.717) is 16.8 Å². The van der Waals surface area contributed by atoms with Gasteiger partial charge in [-0.25, -0.2) is 0 Å². The average molecular weight is 296 g/mol. The quantitative estimate of drug-likeness (QED) is 0.848. The second kappa shape index (κ2) is 6.49. The zero-order chi connectivity index (χ0) is 14.7. The molecule has 1 saturated heterocycles. The number of halogens is 1. The summed E-state index contributed by atoms with van der Waals surface area (Å²) in [7, 11) is 0. The molecule has 1 aromatic carbocycles. The lowest BCUT2D eigenvalue weighted by atomic mass is 10.0. The highest BCUT2D eigenvalue weighted by Gasteiger charge is 2.28. The molecule has 0 spiro atoms. The van der Waals surface area contributed by atoms with Crippen molar-refractivity contribution < 1.29 is 9.53 Å². The number of carbonyl (C=O) groups is 1. The van der Waals surface area contributed by atoms with Gasteiger partial charge < -0.3 is 9.64 Å². The molecule has 0 aromatic heterocycles. The topological polar surface area (TPSA) is 29.5 Å². The van der Waals surface area contributed by atoms with Crippen molar-refractivity contribution >= 4 is 17.5 Å². The van der Waals surface area contributed by atoms with Crippen LogP contribution in [0.5, 0.6) is 5.75 Å². The van der Waals surface area contributed by atoms with Crippen molar-refractivity contribution in [1.29, 1.82) is 0 Å². The summed E-state index contributed by atoms with van der Waals surface area (Å²) in [5.74, 6) is 0.766. The molecule has 4 heteroatoms. The van der Waals surface area contributed by atoms with Crippen LogP contribution in [0.4, 0.5) is 0 Å². The van der Waals surface area contributed by atoms with Crippen LogP contribution in [0.25, 0.3) is 0 Å². The first-order valence-corrected chi connectivity index (χ1v) is 7.60. The van der Waals surface area contributed by atoms with Crippen molar-refractivity contribution in [2.75, 3.05) is 6.54 Å². The molecule has 3 nitrogen and oxygen atoms in total. The van der Waals surface area contributed by atoms with E-state index in [2.05, 4.69) is 6.92 Å². The molecule has 2 atom stereocenters. The Morgan fingerprint density at radius 3 is 2.85 bits per heavy atom. The van der Waals surface area contributed by atoms with Crippen molar-refractivity contribution in [1.82, 2.24) is 4.90 Å². The summed E-state index contributed by atoms with van der Waals surface area (Å²) in [6.07, 6.45) is 2.91. The molecule has 1 aromatic rings. The molecule has 110 valence electrons. The standard InChI is InChI=1S/C16H22ClNO2/c1-11-10-14(7-8-15(11)17)20-13(3)16(19)18-9-5-4-6-12(18)2/h7-8,10,12-13H,4-6,9H2,1-3H3. The number of hydrogen-bond acceptors (Lipinski definition) is 2. The molecular formula is C16H22ClNO2. The van der Waals surface area contributed by atoms with Gasteiger partial charge in [-0.2, -0.15) is 0 Å². The lowest BCUT2D eigenvalue weighted by Crippen LogP contribution is -2.47. The van der Waals surface area contributed by atoms with Crippen LogP contribution in [0.15, 0.2) is 18.2 Å². The van der Waals surface area contributed by atoms with Crippen LogP contribution in [0.1, 0.15) is 38.7 Å². The monoisotopic (exact) mass is 295 g/mol. The second-order valence-electron chi connectivity index (χ2n) is 5.55. The van der Waals surface area contributed by atoms with Crippen molar-refractivity contribution in [2.24, 2.45) is 0 Å². The molecule has 0 saturated carbocycles. The maximum Gasteiger partial charge on any atom is 0.263 e. The van der Waals surface area contributed by atoms with E-state index in [0.717, 1.165) is 24.9 Å². The number of likely N-dealkylation sites (tertiary alicyclic amines) is 1. The van der Waals surface area contributed by atoms with Crippen LogP contribution in [-0.2, 0) is 4.79 Å². The van der Waals surface area contributed by atoms with Gasteiger partial charge in [0, 0.05) is 17.6 Å². The molecule has 0 aliphatic carbocycles. The molecule has 0 N–H and O–H groups in total. The highest BCUT2D eigenvalue weighted by Crippen LogP contribution is 2.23. The van der Waals surface area contributed by atoms with Crippen LogP contribution >= 0.6 is 11.6 Å². The molecule has 1 aliphatic heterocycles. The minimum Gasteiger partial charge on any atom is -0.481 e. The molecule has 2 rings (SSSR count). The van der Waals surface area contributed by atoms with E-state index in [1.807, 2.05) is 24.8 Å². The molecule has 2 unspecified atom stereocenters. The Hall–Kier alpha value is -1.22. The molecule has 1 aliphatic rings. The van der Waals surface area contributed by atoms with Gasteiger partial charge in [0.25, 0.3) is 5.91 Å². The number of amides is 1. The summed E-state index contributed by atoms with van der Waals surface area (Å²) in [6.45, 7) is 6.69. The van der Waals surface area contributed by atoms with Crippen LogP contribution in [-0.4, -0.2) is 29.5 Å². The van der Waals surface area contributed by atoms with Gasteiger partial charge >= 0.3 is 0 Å². The molecule has 1 amide bonds. The van der Waals surface area contributed by atoms with E-state index in [4.69, 9.17) is 16.3 Å². The fourth-order valence-electron chi connectivity index (χ4n) is 2.60. The third-order valence-electron chi connectivity index (χ3n) is 3.88. The Kier molecular flexibility index (Phi) is 4.92. The summed E-state index contributed by atoms with van der Waals surface area (Å²) in [6, 6.07) is 5.78. The van der Waals surface area contributed by atoms with Gasteiger partial charge in [0.2, 0.25) is 0 Å². The second-order valence-corrected chi connectivity index (χ2v) is 5.95. The zero-order valence-corrected chi connectivity index (χ0v) is 13.1. The molecule has 20 heavy (non-hydrogen) atoms. The molecule has 0 radical (unpaired) electrons. The lowest BCUT2D eigenvalue weighted by molar-refractivity contribution is -0.141. The lowest BCUT2D eigenvalue weighted by Gasteiger charge is -2.35. The SMILES string of the molecule is Cc1cc(OC(C)C(=O)N2CCCCC2C)ccc1Cl. The summed E-state index contributed by atoms with van der Waals surface area (Å²) in [4.78, 5) is 14.4. The van der Waals surface area contributed by atoms with Crippen molar-refractivity contribution in [2.45, 2.75) is 52.2 Å². The van der Waals surface area contributed by atoms with Gasteiger partial charge in [-0.1, -0.05) is 11.6 Å². The van der Waals surface area contributed by atoms with Crippen LogP contribution < -0.4 is 4.74 Å². The Balaban J connectivity index is 2.01. The third kappa shape index (κ3) is 3.45. The Morgan fingerprint density at radius 1 is 1.45 bits per heavy atom. The molecule has 1 fully saturated rings. The molecule has 1 heterocycles. The molecule has 0 bridgehead atoms. The number of rotatable bonds is 3. The molecular weight excluding hydrogens is 274 g/mol. The maximum atomic E-state index is 12.4. The number of benzene rings is 1. The van der Waals surface area contributed by atoms with Crippen LogP contribution in [0.2, 0.25) is 5.02 Å². The fourth-order valence-corrected chi connectivity index (χ4v) is 2.72. The number of ether oxygens (including phenoxy) is 1. The van der Waals surface area contributed by atoms with Crippen LogP contribution in [0, 0.1) is 6.92 Å². The van der Waals surface area contributed by atoms with E-state index < -0.39 is 6.10 Å². The Labute approximate surface area is 125 Å². The smallest absolute Gasteiger partial charge is 0.263 e. The number of nitrogens with zero attached hydrogens (tertiary/aromatic N) is 1. The van der Waals surface area contributed by atoms with Crippen molar-refractivity contribution in [3.63, 3.8) is 0 Å². The maximum absolute atomic E-state index is 12.4.